The quantitative estimate of drug-likeness (QED) is 0.687. The average Bonchev–Trinajstić information content (AvgIpc) is 2.13. The molecule has 0 aliphatic carbocycles. The molecule has 15 heavy (non-hydrogen) atoms. The van der Waals surface area contributed by atoms with Crippen LogP contribution in [0.2, 0.25) is 0 Å². The van der Waals surface area contributed by atoms with Crippen molar-refractivity contribution < 1.29 is 28.8 Å². The Morgan fingerprint density at radius 3 is 2.13 bits per heavy atom. The van der Waals surface area contributed by atoms with E-state index < -0.39 is 12.1 Å². The first-order chi connectivity index (χ1) is 6.75. The number of carbonyl (C=O) groups excluding carboxylic acids is 1. The van der Waals surface area contributed by atoms with Gasteiger partial charge in [0.1, 0.15) is 5.97 Å². The summed E-state index contributed by atoms with van der Waals surface area (Å²) in [6, 6.07) is 0.568. The van der Waals surface area contributed by atoms with E-state index in [4.69, 9.17) is 9.90 Å². The molecule has 1 atom stereocenters. The Labute approximate surface area is 92.2 Å². The molecule has 0 bridgehead atoms. The van der Waals surface area contributed by atoms with Gasteiger partial charge in [0.25, 0.3) is 0 Å². The summed E-state index contributed by atoms with van der Waals surface area (Å²) in [6.45, 7) is 2.20. The molecule has 0 aromatic carbocycles. The van der Waals surface area contributed by atoms with Gasteiger partial charge in [0.05, 0.1) is 6.04 Å². The van der Waals surface area contributed by atoms with Crippen molar-refractivity contribution in [1.29, 1.82) is 0 Å². The molecule has 3 N–H and O–H groups in total. The molecule has 0 spiro atoms. The van der Waals surface area contributed by atoms with Gasteiger partial charge in [0, 0.05) is 12.2 Å². The summed E-state index contributed by atoms with van der Waals surface area (Å²) in [5.41, 5.74) is 3.92. The maximum atomic E-state index is 10.5. The number of hydrogen-bond acceptors (Lipinski definition) is 3. The van der Waals surface area contributed by atoms with Crippen molar-refractivity contribution in [3.63, 3.8) is 0 Å². The number of hydrogen-bond donors (Lipinski definition) is 2. The summed E-state index contributed by atoms with van der Waals surface area (Å²) in [6.07, 6.45) is -1.38. The predicted molar refractivity (Wildman–Crippen MR) is 51.1 cm³/mol. The fourth-order valence-corrected chi connectivity index (χ4v) is 0.767. The Kier molecular flexibility index (Phi) is 10.0. The molecule has 0 aliphatic rings. The molecule has 0 heterocycles. The Hall–Kier alpha value is -0.430. The number of halogens is 3. The summed E-state index contributed by atoms with van der Waals surface area (Å²) in [5.74, 6) is -2.08. The van der Waals surface area contributed by atoms with Crippen molar-refractivity contribution in [3.8, 4) is 0 Å². The minimum Gasteiger partial charge on any atom is -0.542 e. The molecule has 0 aliphatic heterocycles. The largest absolute Gasteiger partial charge is 0.542 e. The van der Waals surface area contributed by atoms with Gasteiger partial charge < -0.3 is 15.6 Å². The van der Waals surface area contributed by atoms with Crippen LogP contribution in [0, 0.1) is 0 Å². The highest BCUT2D eigenvalue weighted by atomic mass is 32.1. The van der Waals surface area contributed by atoms with Gasteiger partial charge in [-0.05, 0) is 6.42 Å². The highest BCUT2D eigenvalue weighted by molar-refractivity contribution is 7.80. The number of carboxylic acid groups (broad SMARTS) is 1. The number of unbranched alkanes of at least 4 members (excludes halogenated alkanes) is 1. The second-order valence-electron chi connectivity index (χ2n) is 2.98. The second kappa shape index (κ2) is 8.84. The molecule has 0 amide bonds. The molecule has 0 aromatic rings. The zero-order valence-electron chi connectivity index (χ0n) is 8.51. The highest BCUT2D eigenvalue weighted by Gasteiger charge is 2.28. The highest BCUT2D eigenvalue weighted by Crippen LogP contribution is 2.11. The monoisotopic (exact) mass is 247 g/mol. The molecular weight excluding hydrogens is 231 g/mol. The molecule has 0 saturated carbocycles. The van der Waals surface area contributed by atoms with Gasteiger partial charge in [-0.15, -0.1) is 0 Å². The van der Waals surface area contributed by atoms with E-state index in [0.717, 1.165) is 5.75 Å². The van der Waals surface area contributed by atoms with Gasteiger partial charge in [0.15, 0.2) is 0 Å². The van der Waals surface area contributed by atoms with Crippen LogP contribution in [0.15, 0.2) is 0 Å². The lowest BCUT2D eigenvalue weighted by atomic mass is 10.2. The maximum absolute atomic E-state index is 10.5. The zero-order chi connectivity index (χ0) is 12.5. The molecule has 92 valence electrons. The number of carboxylic acids is 1. The second-order valence-corrected chi connectivity index (χ2v) is 3.34. The van der Waals surface area contributed by atoms with Crippen molar-refractivity contribution in [1.82, 2.24) is 0 Å². The van der Waals surface area contributed by atoms with Crippen LogP contribution in [0.5, 0.6) is 0 Å². The lowest BCUT2D eigenvalue weighted by Gasteiger charge is -2.03. The first kappa shape index (κ1) is 17.0. The van der Waals surface area contributed by atoms with Crippen LogP contribution in [0.1, 0.15) is 26.2 Å². The third kappa shape index (κ3) is 13.6. The zero-order valence-corrected chi connectivity index (χ0v) is 9.40. The van der Waals surface area contributed by atoms with Gasteiger partial charge in [-0.3, -0.25) is 0 Å². The minimum atomic E-state index is -5.19. The summed E-state index contributed by atoms with van der Waals surface area (Å²) in [5, 5.41) is 8.78. The van der Waals surface area contributed by atoms with Crippen molar-refractivity contribution in [2.24, 2.45) is 0 Å². The van der Waals surface area contributed by atoms with E-state index in [0.29, 0.717) is 6.04 Å². The molecule has 0 aromatic heterocycles. The van der Waals surface area contributed by atoms with Crippen molar-refractivity contribution >= 4 is 18.6 Å². The van der Waals surface area contributed by atoms with Gasteiger partial charge >= 0.3 is 6.18 Å². The predicted octanol–water partition coefficient (Wildman–Crippen LogP) is 0.0155. The van der Waals surface area contributed by atoms with Gasteiger partial charge in [0.2, 0.25) is 0 Å². The number of carbonyl (C=O) groups is 1. The van der Waals surface area contributed by atoms with E-state index in [9.17, 15) is 13.2 Å². The number of rotatable bonds is 4. The topological polar surface area (TPSA) is 67.8 Å². The van der Waals surface area contributed by atoms with Crippen LogP contribution in [0.3, 0.4) is 0 Å². The molecule has 0 radical (unpaired) electrons. The third-order valence-corrected chi connectivity index (χ3v) is 1.97. The first-order valence-corrected chi connectivity index (χ1v) is 5.11. The van der Waals surface area contributed by atoms with Gasteiger partial charge in [-0.25, -0.2) is 0 Å². The van der Waals surface area contributed by atoms with E-state index in [2.05, 4.69) is 25.3 Å². The average molecular weight is 247 g/mol. The van der Waals surface area contributed by atoms with Crippen molar-refractivity contribution in [2.75, 3.05) is 5.75 Å². The van der Waals surface area contributed by atoms with Crippen LogP contribution in [-0.2, 0) is 4.79 Å². The summed E-state index contributed by atoms with van der Waals surface area (Å²) >= 11 is 4.13. The standard InChI is InChI=1S/C6H15NS.C2HF3O2/c1-2-3-4-6(7)5-8;3-2(4,5)1(6)7/h6,8H,2-5,7H2,1H3;(H,6,7)/t6-;/m0./s1. The molecular formula is C8H16F3NO2S. The number of aliphatic carboxylic acids is 1. The van der Waals surface area contributed by atoms with Gasteiger partial charge in [-0.1, -0.05) is 13.3 Å². The first-order valence-electron chi connectivity index (χ1n) is 4.47. The van der Waals surface area contributed by atoms with Crippen molar-refractivity contribution in [3.05, 3.63) is 0 Å². The molecule has 0 rings (SSSR count). The Morgan fingerprint density at radius 2 is 1.93 bits per heavy atom. The third-order valence-electron chi connectivity index (χ3n) is 1.46. The Morgan fingerprint density at radius 1 is 1.53 bits per heavy atom. The molecule has 7 heteroatoms. The summed E-state index contributed by atoms with van der Waals surface area (Å²) in [4.78, 5) is 8.78. The van der Waals surface area contributed by atoms with Crippen LogP contribution < -0.4 is 10.8 Å². The number of alkyl halides is 3. The normalized spacial score (nSPS) is 12.7. The molecule has 0 fully saturated rings. The summed E-state index contributed by atoms with van der Waals surface area (Å²) < 4.78 is 31.5. The lowest BCUT2D eigenvalue weighted by Crippen LogP contribution is -2.61. The van der Waals surface area contributed by atoms with Crippen LogP contribution >= 0.6 is 12.6 Å². The number of quaternary nitrogens is 1. The SMILES string of the molecule is CCCC[C@H]([NH3+])CS.O=C([O-])C(F)(F)F. The van der Waals surface area contributed by atoms with E-state index in [1.807, 2.05) is 0 Å². The molecule has 3 nitrogen and oxygen atoms in total. The fourth-order valence-electron chi connectivity index (χ4n) is 0.584. The number of thiol groups is 1. The van der Waals surface area contributed by atoms with Crippen LogP contribution in [-0.4, -0.2) is 23.9 Å². The smallest absolute Gasteiger partial charge is 0.430 e. The minimum absolute atomic E-state index is 0.568. The van der Waals surface area contributed by atoms with Crippen LogP contribution in [0.4, 0.5) is 13.2 Å². The van der Waals surface area contributed by atoms with Gasteiger partial charge in [-0.2, -0.15) is 25.8 Å². The molecule has 0 saturated heterocycles. The van der Waals surface area contributed by atoms with Crippen LogP contribution in [0.25, 0.3) is 0 Å². The Bertz CT molecular complexity index is 176. The maximum Gasteiger partial charge on any atom is 0.430 e. The lowest BCUT2D eigenvalue weighted by molar-refractivity contribution is -0.413. The van der Waals surface area contributed by atoms with E-state index in [1.165, 1.54) is 19.3 Å². The van der Waals surface area contributed by atoms with E-state index >= 15 is 0 Å². The Balaban J connectivity index is 0. The fraction of sp³-hybridized carbons (Fsp3) is 0.875. The summed E-state index contributed by atoms with van der Waals surface area (Å²) in [7, 11) is 0. The van der Waals surface area contributed by atoms with E-state index in [1.54, 1.807) is 0 Å². The van der Waals surface area contributed by atoms with E-state index in [-0.39, 0.29) is 0 Å². The molecule has 0 unspecified atom stereocenters. The van der Waals surface area contributed by atoms with Crippen molar-refractivity contribution in [2.45, 2.75) is 38.4 Å².